The van der Waals surface area contributed by atoms with Crippen LogP contribution in [0.15, 0.2) is 23.4 Å². The number of hydrogen-bond acceptors (Lipinski definition) is 6. The van der Waals surface area contributed by atoms with Gasteiger partial charge in [0.25, 0.3) is 0 Å². The monoisotopic (exact) mass is 290 g/mol. The van der Waals surface area contributed by atoms with Crippen molar-refractivity contribution in [2.24, 2.45) is 0 Å². The van der Waals surface area contributed by atoms with Gasteiger partial charge in [-0.2, -0.15) is 0 Å². The van der Waals surface area contributed by atoms with Gasteiger partial charge in [0.15, 0.2) is 0 Å². The van der Waals surface area contributed by atoms with Gasteiger partial charge in [-0.1, -0.05) is 17.8 Å². The SMILES string of the molecule is Cc1cccc(CSc2nnnn2CCNC2CC2)n1. The third kappa shape index (κ3) is 3.77. The molecule has 20 heavy (non-hydrogen) atoms. The van der Waals surface area contributed by atoms with Crippen LogP contribution in [0, 0.1) is 6.92 Å². The van der Waals surface area contributed by atoms with Gasteiger partial charge in [-0.15, -0.1) is 5.10 Å². The Bertz CT molecular complexity index is 565. The Morgan fingerprint density at radius 1 is 1.40 bits per heavy atom. The van der Waals surface area contributed by atoms with Crippen LogP contribution in [-0.2, 0) is 12.3 Å². The summed E-state index contributed by atoms with van der Waals surface area (Å²) in [4.78, 5) is 4.48. The first kappa shape index (κ1) is 13.5. The summed E-state index contributed by atoms with van der Waals surface area (Å²) < 4.78 is 1.86. The highest BCUT2D eigenvalue weighted by molar-refractivity contribution is 7.98. The number of aromatic nitrogens is 5. The summed E-state index contributed by atoms with van der Waals surface area (Å²) >= 11 is 1.63. The summed E-state index contributed by atoms with van der Waals surface area (Å²) in [6.07, 6.45) is 2.60. The fraction of sp³-hybridized carbons (Fsp3) is 0.538. The maximum atomic E-state index is 4.48. The first-order valence-corrected chi connectivity index (χ1v) is 7.85. The predicted octanol–water partition coefficient (Wildman–Crippen LogP) is 1.42. The van der Waals surface area contributed by atoms with E-state index < -0.39 is 0 Å². The number of pyridine rings is 1. The van der Waals surface area contributed by atoms with E-state index in [0.29, 0.717) is 0 Å². The molecule has 1 saturated carbocycles. The summed E-state index contributed by atoms with van der Waals surface area (Å²) in [5.41, 5.74) is 2.09. The molecule has 1 N–H and O–H groups in total. The summed E-state index contributed by atoms with van der Waals surface area (Å²) in [5.74, 6) is 0.790. The fourth-order valence-corrected chi connectivity index (χ4v) is 2.73. The van der Waals surface area contributed by atoms with E-state index in [4.69, 9.17) is 0 Å². The molecule has 0 unspecified atom stereocenters. The van der Waals surface area contributed by atoms with Crippen molar-refractivity contribution >= 4 is 11.8 Å². The largest absolute Gasteiger partial charge is 0.312 e. The molecule has 0 spiro atoms. The average Bonchev–Trinajstić information content (AvgIpc) is 3.15. The van der Waals surface area contributed by atoms with Gasteiger partial charge in [-0.05, 0) is 42.3 Å². The van der Waals surface area contributed by atoms with Crippen LogP contribution in [-0.4, -0.2) is 37.8 Å². The number of hydrogen-bond donors (Lipinski definition) is 1. The van der Waals surface area contributed by atoms with E-state index in [1.165, 1.54) is 12.8 Å². The standard InChI is InChI=1S/C13H18N6S/c1-10-3-2-4-12(15-10)9-20-13-16-17-18-19(13)8-7-14-11-5-6-11/h2-4,11,14H,5-9H2,1H3. The van der Waals surface area contributed by atoms with Crippen molar-refractivity contribution in [3.05, 3.63) is 29.6 Å². The van der Waals surface area contributed by atoms with Crippen molar-refractivity contribution < 1.29 is 0 Å². The van der Waals surface area contributed by atoms with Crippen LogP contribution in [0.3, 0.4) is 0 Å². The van der Waals surface area contributed by atoms with Gasteiger partial charge in [-0.3, -0.25) is 4.98 Å². The van der Waals surface area contributed by atoms with Crippen LogP contribution in [0.1, 0.15) is 24.2 Å². The molecule has 0 bridgehead atoms. The van der Waals surface area contributed by atoms with Crippen molar-refractivity contribution in [1.29, 1.82) is 0 Å². The van der Waals surface area contributed by atoms with Gasteiger partial charge in [0, 0.05) is 24.0 Å². The lowest BCUT2D eigenvalue weighted by Crippen LogP contribution is -2.22. The molecule has 6 nitrogen and oxygen atoms in total. The topological polar surface area (TPSA) is 68.5 Å². The Hall–Kier alpha value is -1.47. The Kier molecular flexibility index (Phi) is 4.27. The number of tetrazole rings is 1. The fourth-order valence-electron chi connectivity index (χ4n) is 1.92. The molecule has 0 atom stereocenters. The first-order chi connectivity index (χ1) is 9.81. The highest BCUT2D eigenvalue weighted by Crippen LogP contribution is 2.20. The van der Waals surface area contributed by atoms with Crippen molar-refractivity contribution in [3.63, 3.8) is 0 Å². The minimum Gasteiger partial charge on any atom is -0.312 e. The normalized spacial score (nSPS) is 14.7. The smallest absolute Gasteiger partial charge is 0.209 e. The minimum absolute atomic E-state index is 0.721. The molecule has 0 radical (unpaired) electrons. The number of nitrogens with zero attached hydrogens (tertiary/aromatic N) is 5. The Morgan fingerprint density at radius 2 is 2.30 bits per heavy atom. The van der Waals surface area contributed by atoms with Gasteiger partial charge in [0.1, 0.15) is 0 Å². The Morgan fingerprint density at radius 3 is 3.10 bits per heavy atom. The third-order valence-electron chi connectivity index (χ3n) is 3.13. The molecular weight excluding hydrogens is 272 g/mol. The van der Waals surface area contributed by atoms with Crippen LogP contribution in [0.25, 0.3) is 0 Å². The van der Waals surface area contributed by atoms with Gasteiger partial charge in [0.05, 0.1) is 12.2 Å². The molecule has 7 heteroatoms. The van der Waals surface area contributed by atoms with Gasteiger partial charge in [-0.25, -0.2) is 4.68 Å². The second-order valence-electron chi connectivity index (χ2n) is 4.97. The van der Waals surface area contributed by atoms with E-state index in [-0.39, 0.29) is 0 Å². The molecule has 1 aliphatic carbocycles. The summed E-state index contributed by atoms with van der Waals surface area (Å²) in [7, 11) is 0. The van der Waals surface area contributed by atoms with Gasteiger partial charge < -0.3 is 5.32 Å². The molecule has 2 aromatic rings. The zero-order chi connectivity index (χ0) is 13.8. The average molecular weight is 290 g/mol. The second-order valence-corrected chi connectivity index (χ2v) is 5.91. The Labute approximate surface area is 122 Å². The minimum atomic E-state index is 0.721. The molecule has 2 aromatic heterocycles. The third-order valence-corrected chi connectivity index (χ3v) is 4.12. The zero-order valence-electron chi connectivity index (χ0n) is 11.5. The number of nitrogens with one attached hydrogen (secondary N) is 1. The quantitative estimate of drug-likeness (QED) is 0.778. The molecule has 0 amide bonds. The van der Waals surface area contributed by atoms with Crippen molar-refractivity contribution in [1.82, 2.24) is 30.5 Å². The lowest BCUT2D eigenvalue weighted by atomic mass is 10.3. The van der Waals surface area contributed by atoms with Crippen molar-refractivity contribution in [3.8, 4) is 0 Å². The van der Waals surface area contributed by atoms with Crippen LogP contribution < -0.4 is 5.32 Å². The molecular formula is C13H18N6S. The highest BCUT2D eigenvalue weighted by Gasteiger charge is 2.20. The number of rotatable bonds is 7. The van der Waals surface area contributed by atoms with Crippen LogP contribution >= 0.6 is 11.8 Å². The highest BCUT2D eigenvalue weighted by atomic mass is 32.2. The maximum Gasteiger partial charge on any atom is 0.209 e. The molecule has 0 saturated heterocycles. The predicted molar refractivity (Wildman–Crippen MR) is 77.4 cm³/mol. The van der Waals surface area contributed by atoms with Crippen molar-refractivity contribution in [2.75, 3.05) is 6.54 Å². The van der Waals surface area contributed by atoms with Gasteiger partial charge in [0.2, 0.25) is 5.16 Å². The number of aryl methyl sites for hydroxylation is 1. The Balaban J connectivity index is 1.52. The first-order valence-electron chi connectivity index (χ1n) is 6.86. The van der Waals surface area contributed by atoms with Gasteiger partial charge >= 0.3 is 0 Å². The zero-order valence-corrected chi connectivity index (χ0v) is 12.3. The molecule has 0 aromatic carbocycles. The summed E-state index contributed by atoms with van der Waals surface area (Å²) in [5, 5.41) is 16.2. The second kappa shape index (κ2) is 6.32. The molecule has 0 aliphatic heterocycles. The summed E-state index contributed by atoms with van der Waals surface area (Å²) in [6.45, 7) is 3.74. The van der Waals surface area contributed by atoms with Crippen molar-refractivity contribution in [2.45, 2.75) is 43.3 Å². The lowest BCUT2D eigenvalue weighted by Gasteiger charge is -2.05. The van der Waals surface area contributed by atoms with E-state index >= 15 is 0 Å². The van der Waals surface area contributed by atoms with E-state index in [1.54, 1.807) is 11.8 Å². The lowest BCUT2D eigenvalue weighted by molar-refractivity contribution is 0.509. The van der Waals surface area contributed by atoms with Crippen LogP contribution in [0.2, 0.25) is 0 Å². The van der Waals surface area contributed by atoms with Crippen LogP contribution in [0.4, 0.5) is 0 Å². The molecule has 106 valence electrons. The molecule has 3 rings (SSSR count). The van der Waals surface area contributed by atoms with Crippen LogP contribution in [0.5, 0.6) is 0 Å². The molecule has 2 heterocycles. The van der Waals surface area contributed by atoms with E-state index in [0.717, 1.165) is 41.4 Å². The van der Waals surface area contributed by atoms with E-state index in [1.807, 2.05) is 29.8 Å². The molecule has 1 fully saturated rings. The molecule has 1 aliphatic rings. The summed E-state index contributed by atoms with van der Waals surface area (Å²) in [6, 6.07) is 6.78. The number of thioether (sulfide) groups is 1. The maximum absolute atomic E-state index is 4.48. The van der Waals surface area contributed by atoms with E-state index in [2.05, 4.69) is 25.8 Å². The van der Waals surface area contributed by atoms with E-state index in [9.17, 15) is 0 Å².